The number of aromatic nitrogens is 1. The van der Waals surface area contributed by atoms with Gasteiger partial charge in [-0.25, -0.2) is 0 Å². The van der Waals surface area contributed by atoms with Crippen molar-refractivity contribution in [3.63, 3.8) is 0 Å². The number of aryl methyl sites for hydroxylation is 1. The molecule has 0 aliphatic carbocycles. The van der Waals surface area contributed by atoms with Crippen molar-refractivity contribution < 1.29 is 0 Å². The van der Waals surface area contributed by atoms with Crippen LogP contribution in [0.2, 0.25) is 0 Å². The summed E-state index contributed by atoms with van der Waals surface area (Å²) in [6.45, 7) is 5.05. The first-order valence-corrected chi connectivity index (χ1v) is 11.8. The molecule has 160 valence electrons. The Hall–Kier alpha value is -3.33. The lowest BCUT2D eigenvalue weighted by atomic mass is 10.0. The molecule has 3 nitrogen and oxygen atoms in total. The van der Waals surface area contributed by atoms with Gasteiger partial charge < -0.3 is 9.80 Å². The molecule has 4 aromatic rings. The van der Waals surface area contributed by atoms with Crippen molar-refractivity contribution in [1.29, 1.82) is 0 Å². The normalized spacial score (nSPS) is 17.8. The Morgan fingerprint density at radius 1 is 0.906 bits per heavy atom. The molecule has 3 heterocycles. The van der Waals surface area contributed by atoms with Gasteiger partial charge in [-0.1, -0.05) is 60.2 Å². The Labute approximate surface area is 190 Å². The van der Waals surface area contributed by atoms with E-state index < -0.39 is 0 Å². The Morgan fingerprint density at radius 3 is 2.56 bits per heavy atom. The number of pyridine rings is 1. The van der Waals surface area contributed by atoms with Crippen molar-refractivity contribution in [1.82, 2.24) is 4.98 Å². The minimum Gasteiger partial charge on any atom is -0.366 e. The standard InChI is InChI=1S/C29H29N3/c1-21-12-14-22(15-13-21)19-31-20-24-17-23-7-2-3-9-26(23)30-27(24)18-25-8-6-16-32(25)29-11-5-4-10-28(29)31/h2-5,7,9-15,17,25H,6,8,16,18-20H2,1H3. The lowest BCUT2D eigenvalue weighted by molar-refractivity contribution is 0.653. The van der Waals surface area contributed by atoms with Gasteiger partial charge in [-0.05, 0) is 55.2 Å². The topological polar surface area (TPSA) is 19.4 Å². The molecule has 3 heteroatoms. The average Bonchev–Trinajstić information content (AvgIpc) is 3.29. The number of rotatable bonds is 2. The van der Waals surface area contributed by atoms with Gasteiger partial charge in [0.05, 0.1) is 16.9 Å². The van der Waals surface area contributed by atoms with E-state index in [1.807, 2.05) is 0 Å². The van der Waals surface area contributed by atoms with Crippen LogP contribution in [0.25, 0.3) is 10.9 Å². The quantitative estimate of drug-likeness (QED) is 0.381. The van der Waals surface area contributed by atoms with Gasteiger partial charge in [-0.2, -0.15) is 0 Å². The lowest BCUT2D eigenvalue weighted by Gasteiger charge is -2.32. The zero-order valence-corrected chi connectivity index (χ0v) is 18.7. The molecule has 0 N–H and O–H groups in total. The van der Waals surface area contributed by atoms with Crippen LogP contribution in [0, 0.1) is 6.92 Å². The van der Waals surface area contributed by atoms with Gasteiger partial charge in [0.1, 0.15) is 0 Å². The highest BCUT2D eigenvalue weighted by Crippen LogP contribution is 2.39. The number of fused-ring (bicyclic) bond motifs is 5. The van der Waals surface area contributed by atoms with E-state index in [1.54, 1.807) is 0 Å². The van der Waals surface area contributed by atoms with E-state index >= 15 is 0 Å². The molecule has 1 aromatic heterocycles. The molecular formula is C29H29N3. The van der Waals surface area contributed by atoms with Gasteiger partial charge in [-0.3, -0.25) is 4.98 Å². The predicted octanol–water partition coefficient (Wildman–Crippen LogP) is 6.27. The predicted molar refractivity (Wildman–Crippen MR) is 133 cm³/mol. The molecule has 1 atom stereocenters. The molecule has 0 saturated carbocycles. The van der Waals surface area contributed by atoms with Crippen LogP contribution in [-0.4, -0.2) is 17.6 Å². The number of nitrogens with zero attached hydrogens (tertiary/aromatic N) is 3. The number of anilines is 2. The zero-order chi connectivity index (χ0) is 21.5. The molecule has 0 spiro atoms. The highest BCUT2D eigenvalue weighted by Gasteiger charge is 2.30. The smallest absolute Gasteiger partial charge is 0.0705 e. The fourth-order valence-corrected chi connectivity index (χ4v) is 5.42. The first-order valence-electron chi connectivity index (χ1n) is 11.8. The van der Waals surface area contributed by atoms with E-state index in [0.29, 0.717) is 6.04 Å². The molecule has 1 saturated heterocycles. The van der Waals surface area contributed by atoms with E-state index in [-0.39, 0.29) is 0 Å². The molecule has 32 heavy (non-hydrogen) atoms. The monoisotopic (exact) mass is 419 g/mol. The summed E-state index contributed by atoms with van der Waals surface area (Å²) in [7, 11) is 0. The van der Waals surface area contributed by atoms with Gasteiger partial charge in [0.15, 0.2) is 0 Å². The van der Waals surface area contributed by atoms with Crippen molar-refractivity contribution in [3.05, 3.63) is 101 Å². The molecule has 2 aliphatic rings. The van der Waals surface area contributed by atoms with Crippen LogP contribution < -0.4 is 9.80 Å². The molecular weight excluding hydrogens is 390 g/mol. The van der Waals surface area contributed by atoms with E-state index in [4.69, 9.17) is 4.98 Å². The lowest BCUT2D eigenvalue weighted by Crippen LogP contribution is -2.32. The second kappa shape index (κ2) is 7.98. The minimum atomic E-state index is 0.517. The van der Waals surface area contributed by atoms with Crippen LogP contribution in [0.4, 0.5) is 11.4 Å². The van der Waals surface area contributed by atoms with Crippen molar-refractivity contribution in [2.24, 2.45) is 0 Å². The second-order valence-electron chi connectivity index (χ2n) is 9.31. The molecule has 1 unspecified atom stereocenters. The van der Waals surface area contributed by atoms with Gasteiger partial charge in [0.25, 0.3) is 0 Å². The van der Waals surface area contributed by atoms with Crippen LogP contribution in [0.15, 0.2) is 78.9 Å². The molecule has 6 rings (SSSR count). The van der Waals surface area contributed by atoms with E-state index in [2.05, 4.69) is 95.6 Å². The Bertz CT molecular complexity index is 1260. The summed E-state index contributed by atoms with van der Waals surface area (Å²) < 4.78 is 0. The molecule has 3 aromatic carbocycles. The van der Waals surface area contributed by atoms with Crippen LogP contribution in [0.3, 0.4) is 0 Å². The fraction of sp³-hybridized carbons (Fsp3) is 0.276. The fourth-order valence-electron chi connectivity index (χ4n) is 5.42. The van der Waals surface area contributed by atoms with Gasteiger partial charge >= 0.3 is 0 Å². The third-order valence-corrected chi connectivity index (χ3v) is 7.09. The van der Waals surface area contributed by atoms with E-state index in [9.17, 15) is 0 Å². The largest absolute Gasteiger partial charge is 0.366 e. The Kier molecular flexibility index (Phi) is 4.83. The van der Waals surface area contributed by atoms with Gasteiger partial charge in [0, 0.05) is 43.2 Å². The SMILES string of the molecule is Cc1ccc(CN2Cc3cc4ccccc4nc3CC3CCCN3c3ccccc32)cc1. The number of benzene rings is 3. The van der Waals surface area contributed by atoms with Crippen molar-refractivity contribution in [2.45, 2.75) is 45.3 Å². The number of hydrogen-bond donors (Lipinski definition) is 0. The molecule has 1 fully saturated rings. The first kappa shape index (κ1) is 19.4. The maximum Gasteiger partial charge on any atom is 0.0705 e. The second-order valence-corrected chi connectivity index (χ2v) is 9.31. The molecule has 2 aliphatic heterocycles. The highest BCUT2D eigenvalue weighted by atomic mass is 15.2. The molecule has 0 radical (unpaired) electrons. The minimum absolute atomic E-state index is 0.517. The summed E-state index contributed by atoms with van der Waals surface area (Å²) in [6.07, 6.45) is 3.51. The van der Waals surface area contributed by atoms with Crippen LogP contribution in [0.5, 0.6) is 0 Å². The highest BCUT2D eigenvalue weighted by molar-refractivity contribution is 5.80. The third-order valence-electron chi connectivity index (χ3n) is 7.09. The maximum absolute atomic E-state index is 5.18. The summed E-state index contributed by atoms with van der Waals surface area (Å²) in [6, 6.07) is 29.4. The van der Waals surface area contributed by atoms with Crippen LogP contribution in [-0.2, 0) is 19.5 Å². The third kappa shape index (κ3) is 3.52. The maximum atomic E-state index is 5.18. The number of para-hydroxylation sites is 3. The summed E-state index contributed by atoms with van der Waals surface area (Å²) in [5.41, 5.74) is 9.09. The summed E-state index contributed by atoms with van der Waals surface area (Å²) >= 11 is 0. The zero-order valence-electron chi connectivity index (χ0n) is 18.7. The van der Waals surface area contributed by atoms with Crippen LogP contribution in [0.1, 0.15) is 35.2 Å². The molecule has 0 amide bonds. The van der Waals surface area contributed by atoms with Crippen molar-refractivity contribution in [2.75, 3.05) is 16.3 Å². The summed E-state index contributed by atoms with van der Waals surface area (Å²) in [5, 5.41) is 1.23. The number of hydrogen-bond acceptors (Lipinski definition) is 3. The van der Waals surface area contributed by atoms with Gasteiger partial charge in [-0.15, -0.1) is 0 Å². The van der Waals surface area contributed by atoms with Gasteiger partial charge in [0.2, 0.25) is 0 Å². The average molecular weight is 420 g/mol. The molecule has 0 bridgehead atoms. The van der Waals surface area contributed by atoms with E-state index in [1.165, 1.54) is 52.0 Å². The summed E-state index contributed by atoms with van der Waals surface area (Å²) in [4.78, 5) is 10.4. The van der Waals surface area contributed by atoms with Crippen LogP contribution >= 0.6 is 0 Å². The Morgan fingerprint density at radius 2 is 1.69 bits per heavy atom. The summed E-state index contributed by atoms with van der Waals surface area (Å²) in [5.74, 6) is 0. The van der Waals surface area contributed by atoms with Crippen molar-refractivity contribution >= 4 is 22.3 Å². The van der Waals surface area contributed by atoms with Crippen molar-refractivity contribution in [3.8, 4) is 0 Å². The van der Waals surface area contributed by atoms with E-state index in [0.717, 1.165) is 31.6 Å². The Balaban J connectivity index is 1.51. The first-order chi connectivity index (χ1) is 15.7.